The highest BCUT2D eigenvalue weighted by molar-refractivity contribution is 5.61. The Balaban J connectivity index is 1.67. The van der Waals surface area contributed by atoms with Gasteiger partial charge in [0.1, 0.15) is 5.75 Å². The van der Waals surface area contributed by atoms with Crippen LogP contribution in [0.3, 0.4) is 0 Å². The van der Waals surface area contributed by atoms with Gasteiger partial charge in [0, 0.05) is 0 Å². The predicted octanol–water partition coefficient (Wildman–Crippen LogP) is 6.06. The minimum atomic E-state index is 0.387. The fraction of sp³-hybridized carbons (Fsp3) is 0.545. The van der Waals surface area contributed by atoms with Crippen LogP contribution in [0, 0.1) is 17.3 Å². The molecule has 1 aromatic carbocycles. The molecule has 4 rings (SSSR count). The highest BCUT2D eigenvalue weighted by atomic mass is 16.3. The summed E-state index contributed by atoms with van der Waals surface area (Å²) < 4.78 is 0. The third-order valence-corrected chi connectivity index (χ3v) is 6.83. The van der Waals surface area contributed by atoms with Crippen molar-refractivity contribution in [2.24, 2.45) is 17.3 Å². The normalized spacial score (nSPS) is 36.6. The molecule has 4 atom stereocenters. The summed E-state index contributed by atoms with van der Waals surface area (Å²) in [6.45, 7) is 4.81. The second-order valence-electron chi connectivity index (χ2n) is 7.98. The van der Waals surface area contributed by atoms with Gasteiger partial charge in [0.15, 0.2) is 0 Å². The van der Waals surface area contributed by atoms with Crippen LogP contribution in [0.5, 0.6) is 5.75 Å². The Hall–Kier alpha value is -1.50. The average molecular weight is 308 g/mol. The number of benzene rings is 1. The van der Waals surface area contributed by atoms with Crippen molar-refractivity contribution in [2.75, 3.05) is 0 Å². The van der Waals surface area contributed by atoms with Gasteiger partial charge >= 0.3 is 0 Å². The molecule has 3 aliphatic rings. The molecule has 0 heterocycles. The topological polar surface area (TPSA) is 20.2 Å². The van der Waals surface area contributed by atoms with Crippen molar-refractivity contribution in [3.05, 3.63) is 47.1 Å². The van der Waals surface area contributed by atoms with Crippen molar-refractivity contribution < 1.29 is 5.11 Å². The third kappa shape index (κ3) is 2.28. The maximum absolute atomic E-state index is 9.75. The summed E-state index contributed by atoms with van der Waals surface area (Å²) >= 11 is 0. The molecule has 1 aromatic rings. The number of rotatable bonds is 2. The monoisotopic (exact) mass is 308 g/mol. The van der Waals surface area contributed by atoms with Crippen molar-refractivity contribution in [1.82, 2.24) is 0 Å². The van der Waals surface area contributed by atoms with Gasteiger partial charge in [-0.2, -0.15) is 0 Å². The zero-order valence-electron chi connectivity index (χ0n) is 14.4. The van der Waals surface area contributed by atoms with Crippen molar-refractivity contribution in [1.29, 1.82) is 0 Å². The first-order chi connectivity index (χ1) is 11.1. The molecule has 0 amide bonds. The molecule has 0 spiro atoms. The zero-order valence-corrected chi connectivity index (χ0v) is 14.4. The maximum Gasteiger partial charge on any atom is 0.116 e. The number of aromatic hydroxyl groups is 1. The number of allylic oxidation sites excluding steroid dienone is 3. The minimum absolute atomic E-state index is 0.387. The quantitative estimate of drug-likeness (QED) is 0.659. The number of hydrogen-bond acceptors (Lipinski definition) is 1. The van der Waals surface area contributed by atoms with Gasteiger partial charge in [-0.25, -0.2) is 0 Å². The van der Waals surface area contributed by atoms with Crippen molar-refractivity contribution in [3.63, 3.8) is 0 Å². The van der Waals surface area contributed by atoms with E-state index in [1.807, 2.05) is 12.1 Å². The summed E-state index contributed by atoms with van der Waals surface area (Å²) in [6, 6.07) is 5.96. The Labute approximate surface area is 140 Å². The number of unbranched alkanes of at least 4 members (excludes halogenated alkanes) is 1. The molecule has 0 radical (unpaired) electrons. The molecule has 0 aliphatic heterocycles. The number of fused-ring (bicyclic) bond motifs is 5. The van der Waals surface area contributed by atoms with Gasteiger partial charge in [0.2, 0.25) is 0 Å². The van der Waals surface area contributed by atoms with Crippen LogP contribution >= 0.6 is 0 Å². The van der Waals surface area contributed by atoms with Crippen LogP contribution < -0.4 is 0 Å². The molecule has 23 heavy (non-hydrogen) atoms. The molecule has 0 saturated heterocycles. The Morgan fingerprint density at radius 2 is 2.17 bits per heavy atom. The highest BCUT2D eigenvalue weighted by Crippen LogP contribution is 2.62. The van der Waals surface area contributed by atoms with Crippen LogP contribution in [0.15, 0.2) is 35.9 Å². The Morgan fingerprint density at radius 1 is 1.30 bits per heavy atom. The molecule has 1 nitrogen and oxygen atoms in total. The van der Waals surface area contributed by atoms with Crippen LogP contribution in [0.4, 0.5) is 0 Å². The molecule has 3 unspecified atom stereocenters. The average Bonchev–Trinajstić information content (AvgIpc) is 2.89. The number of phenols is 1. The lowest BCUT2D eigenvalue weighted by molar-refractivity contribution is 0.121. The van der Waals surface area contributed by atoms with Crippen molar-refractivity contribution in [3.8, 4) is 5.75 Å². The summed E-state index contributed by atoms with van der Waals surface area (Å²) in [5, 5.41) is 9.75. The standard InChI is InChI=1S/C22H28O/c1-3-4-5-16-7-11-21-20-9-6-15-14-17(23)8-10-18(15)19(20)12-13-22(16,21)2/h5-6,8-10,14,19-21,23H,3-4,7,11-13H2,1-2H3/t19?,20?,21?,22-/m1/s1. The van der Waals surface area contributed by atoms with Gasteiger partial charge in [-0.05, 0) is 78.5 Å². The van der Waals surface area contributed by atoms with Gasteiger partial charge < -0.3 is 5.11 Å². The van der Waals surface area contributed by atoms with Gasteiger partial charge in [-0.3, -0.25) is 0 Å². The molecule has 0 bridgehead atoms. The Morgan fingerprint density at radius 3 is 3.00 bits per heavy atom. The minimum Gasteiger partial charge on any atom is -0.508 e. The van der Waals surface area contributed by atoms with Gasteiger partial charge in [0.05, 0.1) is 0 Å². The van der Waals surface area contributed by atoms with E-state index in [1.54, 1.807) is 5.57 Å². The summed E-state index contributed by atoms with van der Waals surface area (Å²) in [7, 11) is 0. The van der Waals surface area contributed by atoms with Crippen LogP contribution in [-0.4, -0.2) is 5.11 Å². The van der Waals surface area contributed by atoms with Gasteiger partial charge in [-0.1, -0.05) is 50.1 Å². The predicted molar refractivity (Wildman–Crippen MR) is 96.4 cm³/mol. The molecule has 122 valence electrons. The number of hydrogen-bond donors (Lipinski definition) is 1. The summed E-state index contributed by atoms with van der Waals surface area (Å²) in [5.74, 6) is 2.51. The van der Waals surface area contributed by atoms with Crippen molar-refractivity contribution >= 4 is 6.08 Å². The van der Waals surface area contributed by atoms with Crippen LogP contribution in [0.25, 0.3) is 6.08 Å². The smallest absolute Gasteiger partial charge is 0.116 e. The SMILES string of the molecule is CCCC=C1CCC2C3C=Cc4cc(O)ccc4C3CC[C@]12C. The van der Waals surface area contributed by atoms with Crippen LogP contribution in [0.1, 0.15) is 69.4 Å². The first kappa shape index (κ1) is 15.1. The first-order valence-electron chi connectivity index (χ1n) is 9.34. The van der Waals surface area contributed by atoms with Gasteiger partial charge in [-0.15, -0.1) is 0 Å². The lowest BCUT2D eigenvalue weighted by atomic mass is 9.56. The Bertz CT molecular complexity index is 669. The molecule has 3 aliphatic carbocycles. The molecular weight excluding hydrogens is 280 g/mol. The van der Waals surface area contributed by atoms with E-state index in [9.17, 15) is 5.11 Å². The molecule has 1 N–H and O–H groups in total. The fourth-order valence-electron chi connectivity index (χ4n) is 5.59. The molecule has 1 heteroatoms. The Kier molecular flexibility index (Phi) is 3.63. The molecule has 2 fully saturated rings. The highest BCUT2D eigenvalue weighted by Gasteiger charge is 2.51. The van der Waals surface area contributed by atoms with E-state index in [2.05, 4.69) is 38.1 Å². The lowest BCUT2D eigenvalue weighted by Crippen LogP contribution is -2.38. The van der Waals surface area contributed by atoms with E-state index in [0.717, 1.165) is 5.92 Å². The van der Waals surface area contributed by atoms with E-state index in [-0.39, 0.29) is 0 Å². The zero-order chi connectivity index (χ0) is 16.0. The first-order valence-corrected chi connectivity index (χ1v) is 9.34. The van der Waals surface area contributed by atoms with E-state index in [0.29, 0.717) is 23.0 Å². The third-order valence-electron chi connectivity index (χ3n) is 6.83. The van der Waals surface area contributed by atoms with Crippen LogP contribution in [0.2, 0.25) is 0 Å². The second-order valence-corrected chi connectivity index (χ2v) is 7.98. The van der Waals surface area contributed by atoms with Crippen molar-refractivity contribution in [2.45, 2.75) is 58.3 Å². The fourth-order valence-corrected chi connectivity index (χ4v) is 5.59. The van der Waals surface area contributed by atoms with Gasteiger partial charge in [0.25, 0.3) is 0 Å². The molecule has 2 saturated carbocycles. The second kappa shape index (κ2) is 5.54. The molecule has 0 aromatic heterocycles. The van der Waals surface area contributed by atoms with E-state index < -0.39 is 0 Å². The van der Waals surface area contributed by atoms with E-state index >= 15 is 0 Å². The summed E-state index contributed by atoms with van der Waals surface area (Å²) in [6.07, 6.45) is 15.0. The van der Waals surface area contributed by atoms with E-state index in [4.69, 9.17) is 0 Å². The summed E-state index contributed by atoms with van der Waals surface area (Å²) in [5.41, 5.74) is 4.86. The van der Waals surface area contributed by atoms with E-state index in [1.165, 1.54) is 49.7 Å². The largest absolute Gasteiger partial charge is 0.508 e. The molecular formula is C22H28O. The lowest BCUT2D eigenvalue weighted by Gasteiger charge is -2.47. The maximum atomic E-state index is 9.75. The van der Waals surface area contributed by atoms with Crippen LogP contribution in [-0.2, 0) is 0 Å². The summed E-state index contributed by atoms with van der Waals surface area (Å²) in [4.78, 5) is 0. The number of phenolic OH excluding ortho intramolecular Hbond substituents is 1.